The van der Waals surface area contributed by atoms with Crippen LogP contribution >= 0.6 is 0 Å². The highest BCUT2D eigenvalue weighted by atomic mass is 16.4. The second-order valence-electron chi connectivity index (χ2n) is 8.04. The van der Waals surface area contributed by atoms with E-state index in [0.717, 1.165) is 31.4 Å². The molecule has 4 rings (SSSR count). The summed E-state index contributed by atoms with van der Waals surface area (Å²) in [6, 6.07) is 10.1. The standard InChI is InChI=1S/C23H27N3O3/c1-15-12-18(9-8-16-13-24-20-7-5-4-6-19(16)20)29-23(28)21(15)22(27)26(3)17-10-11-25(2)14-17/h4-7,12-13,17,24H,8-11,14H2,1-3H3. The Morgan fingerprint density at radius 1 is 1.31 bits per heavy atom. The second kappa shape index (κ2) is 7.87. The van der Waals surface area contributed by atoms with Gasteiger partial charge in [-0.05, 0) is 56.6 Å². The number of aryl methyl sites for hydroxylation is 3. The summed E-state index contributed by atoms with van der Waals surface area (Å²) in [4.78, 5) is 32.7. The Kier molecular flexibility index (Phi) is 5.28. The van der Waals surface area contributed by atoms with Crippen LogP contribution in [0.5, 0.6) is 0 Å². The first-order valence-electron chi connectivity index (χ1n) is 10.1. The van der Waals surface area contributed by atoms with E-state index in [9.17, 15) is 9.59 Å². The topological polar surface area (TPSA) is 69.5 Å². The summed E-state index contributed by atoms with van der Waals surface area (Å²) in [5.74, 6) is 0.359. The van der Waals surface area contributed by atoms with Crippen LogP contribution in [0.15, 0.2) is 45.7 Å². The van der Waals surface area contributed by atoms with Gasteiger partial charge in [0.2, 0.25) is 0 Å². The molecular weight excluding hydrogens is 366 g/mol. The molecule has 0 saturated carbocycles. The molecule has 1 aliphatic heterocycles. The van der Waals surface area contributed by atoms with Crippen LogP contribution < -0.4 is 5.63 Å². The average molecular weight is 393 g/mol. The van der Waals surface area contributed by atoms with E-state index in [4.69, 9.17) is 4.42 Å². The molecule has 6 heteroatoms. The zero-order valence-electron chi connectivity index (χ0n) is 17.2. The summed E-state index contributed by atoms with van der Waals surface area (Å²) in [6.45, 7) is 3.60. The highest BCUT2D eigenvalue weighted by Gasteiger charge is 2.29. The van der Waals surface area contributed by atoms with Crippen LogP contribution in [0.25, 0.3) is 10.9 Å². The molecule has 1 aromatic carbocycles. The summed E-state index contributed by atoms with van der Waals surface area (Å²) in [5.41, 5.74) is 2.58. The van der Waals surface area contributed by atoms with Crippen LogP contribution in [0.1, 0.15) is 33.7 Å². The van der Waals surface area contributed by atoms with Crippen LogP contribution in [0.3, 0.4) is 0 Å². The van der Waals surface area contributed by atoms with Gasteiger partial charge >= 0.3 is 5.63 Å². The van der Waals surface area contributed by atoms with E-state index >= 15 is 0 Å². The maximum Gasteiger partial charge on any atom is 0.349 e. The van der Waals surface area contributed by atoms with E-state index in [1.165, 1.54) is 10.9 Å². The van der Waals surface area contributed by atoms with Gasteiger partial charge in [0, 0.05) is 43.2 Å². The van der Waals surface area contributed by atoms with Gasteiger partial charge in [-0.1, -0.05) is 18.2 Å². The van der Waals surface area contributed by atoms with E-state index in [-0.39, 0.29) is 17.5 Å². The van der Waals surface area contributed by atoms with E-state index in [1.54, 1.807) is 11.9 Å². The van der Waals surface area contributed by atoms with Crippen molar-refractivity contribution in [2.45, 2.75) is 32.2 Å². The Bertz CT molecular complexity index is 1100. The van der Waals surface area contributed by atoms with Gasteiger partial charge in [-0.15, -0.1) is 0 Å². The molecule has 152 valence electrons. The summed E-state index contributed by atoms with van der Waals surface area (Å²) in [6.07, 6.45) is 4.29. The number of carbonyl (C=O) groups is 1. The Morgan fingerprint density at radius 3 is 2.83 bits per heavy atom. The van der Waals surface area contributed by atoms with Crippen LogP contribution in [0, 0.1) is 6.92 Å². The number of nitrogens with zero attached hydrogens (tertiary/aromatic N) is 2. The first-order chi connectivity index (χ1) is 13.9. The Balaban J connectivity index is 1.51. The third kappa shape index (κ3) is 3.85. The molecule has 0 spiro atoms. The highest BCUT2D eigenvalue weighted by molar-refractivity contribution is 5.95. The molecule has 0 aliphatic carbocycles. The van der Waals surface area contributed by atoms with Crippen LogP contribution in [0.4, 0.5) is 0 Å². The molecular formula is C23H27N3O3. The van der Waals surface area contributed by atoms with Crippen molar-refractivity contribution in [2.75, 3.05) is 27.2 Å². The number of carbonyl (C=O) groups excluding carboxylic acids is 1. The molecule has 6 nitrogen and oxygen atoms in total. The number of fused-ring (bicyclic) bond motifs is 1. The maximum absolute atomic E-state index is 12.9. The van der Waals surface area contributed by atoms with Crippen molar-refractivity contribution >= 4 is 16.8 Å². The second-order valence-corrected chi connectivity index (χ2v) is 8.04. The lowest BCUT2D eigenvalue weighted by molar-refractivity contribution is 0.0731. The molecule has 3 aromatic rings. The van der Waals surface area contributed by atoms with Gasteiger partial charge in [0.15, 0.2) is 0 Å². The fourth-order valence-electron chi connectivity index (χ4n) is 4.22. The number of hydrogen-bond donors (Lipinski definition) is 1. The third-order valence-corrected chi connectivity index (χ3v) is 5.96. The van der Waals surface area contributed by atoms with Crippen molar-refractivity contribution in [3.05, 3.63) is 69.4 Å². The van der Waals surface area contributed by atoms with Crippen LogP contribution in [-0.4, -0.2) is 53.9 Å². The minimum Gasteiger partial charge on any atom is -0.427 e. The van der Waals surface area contributed by atoms with Gasteiger partial charge < -0.3 is 19.2 Å². The smallest absolute Gasteiger partial charge is 0.349 e. The summed E-state index contributed by atoms with van der Waals surface area (Å²) < 4.78 is 5.53. The van der Waals surface area contributed by atoms with Crippen molar-refractivity contribution in [1.29, 1.82) is 0 Å². The maximum atomic E-state index is 12.9. The van der Waals surface area contributed by atoms with Gasteiger partial charge in [-0.2, -0.15) is 0 Å². The molecule has 1 fully saturated rings. The molecule has 1 atom stereocenters. The molecule has 0 bridgehead atoms. The number of hydrogen-bond acceptors (Lipinski definition) is 4. The third-order valence-electron chi connectivity index (χ3n) is 5.96. The van der Waals surface area contributed by atoms with E-state index < -0.39 is 5.63 Å². The fourth-order valence-corrected chi connectivity index (χ4v) is 4.22. The number of nitrogens with one attached hydrogen (secondary N) is 1. The molecule has 2 aromatic heterocycles. The van der Waals surface area contributed by atoms with Gasteiger partial charge in [0.25, 0.3) is 5.91 Å². The van der Waals surface area contributed by atoms with Crippen molar-refractivity contribution in [2.24, 2.45) is 0 Å². The zero-order chi connectivity index (χ0) is 20.5. The number of likely N-dealkylation sites (N-methyl/N-ethyl adjacent to an activating group) is 2. The lowest BCUT2D eigenvalue weighted by Crippen LogP contribution is -2.40. The fraction of sp³-hybridized carbons (Fsp3) is 0.391. The molecule has 1 saturated heterocycles. The van der Waals surface area contributed by atoms with Gasteiger partial charge in [-0.3, -0.25) is 4.79 Å². The predicted octanol–water partition coefficient (Wildman–Crippen LogP) is 2.99. The lowest BCUT2D eigenvalue weighted by atomic mass is 10.0. The molecule has 1 amide bonds. The summed E-state index contributed by atoms with van der Waals surface area (Å²) >= 11 is 0. The van der Waals surface area contributed by atoms with Gasteiger partial charge in [-0.25, -0.2) is 4.79 Å². The number of aromatic nitrogens is 1. The summed E-state index contributed by atoms with van der Waals surface area (Å²) in [7, 11) is 3.82. The number of benzene rings is 1. The predicted molar refractivity (Wildman–Crippen MR) is 113 cm³/mol. The minimum absolute atomic E-state index is 0.132. The normalized spacial score (nSPS) is 17.1. The van der Waals surface area contributed by atoms with Gasteiger partial charge in [0.1, 0.15) is 11.3 Å². The quantitative estimate of drug-likeness (QED) is 0.724. The minimum atomic E-state index is -0.540. The number of H-pyrrole nitrogens is 1. The monoisotopic (exact) mass is 393 g/mol. The summed E-state index contributed by atoms with van der Waals surface area (Å²) in [5, 5.41) is 1.18. The molecule has 1 unspecified atom stereocenters. The molecule has 3 heterocycles. The first kappa shape index (κ1) is 19.5. The van der Waals surface area contributed by atoms with E-state index in [2.05, 4.69) is 16.0 Å². The number of aromatic amines is 1. The van der Waals surface area contributed by atoms with Crippen LogP contribution in [0.2, 0.25) is 0 Å². The van der Waals surface area contributed by atoms with Crippen LogP contribution in [-0.2, 0) is 12.8 Å². The zero-order valence-corrected chi connectivity index (χ0v) is 17.2. The highest BCUT2D eigenvalue weighted by Crippen LogP contribution is 2.20. The molecule has 1 aliphatic rings. The molecule has 29 heavy (non-hydrogen) atoms. The largest absolute Gasteiger partial charge is 0.427 e. The van der Waals surface area contributed by atoms with Crippen molar-refractivity contribution < 1.29 is 9.21 Å². The van der Waals surface area contributed by atoms with E-state index in [0.29, 0.717) is 17.7 Å². The Labute approximate surface area is 170 Å². The molecule has 0 radical (unpaired) electrons. The first-order valence-corrected chi connectivity index (χ1v) is 10.1. The molecule has 1 N–H and O–H groups in total. The van der Waals surface area contributed by atoms with Crippen molar-refractivity contribution in [1.82, 2.24) is 14.8 Å². The number of likely N-dealkylation sites (tertiary alicyclic amines) is 1. The number of rotatable bonds is 5. The number of para-hydroxylation sites is 1. The lowest BCUT2D eigenvalue weighted by Gasteiger charge is -2.24. The average Bonchev–Trinajstić information content (AvgIpc) is 3.31. The van der Waals surface area contributed by atoms with Gasteiger partial charge in [0.05, 0.1) is 0 Å². The number of amides is 1. The van der Waals surface area contributed by atoms with Crippen molar-refractivity contribution in [3.63, 3.8) is 0 Å². The Hall–Kier alpha value is -2.86. The van der Waals surface area contributed by atoms with Crippen molar-refractivity contribution in [3.8, 4) is 0 Å². The SMILES string of the molecule is Cc1cc(CCc2c[nH]c3ccccc23)oc(=O)c1C(=O)N(C)C1CCN(C)C1. The van der Waals surface area contributed by atoms with E-state index in [1.807, 2.05) is 44.4 Å². The Morgan fingerprint density at radius 2 is 2.10 bits per heavy atom.